The predicted molar refractivity (Wildman–Crippen MR) is 113 cm³/mol. The van der Waals surface area contributed by atoms with E-state index in [1.54, 1.807) is 24.4 Å². The Labute approximate surface area is 186 Å². The number of rotatable bonds is 6. The van der Waals surface area contributed by atoms with Crippen molar-refractivity contribution in [1.29, 1.82) is 0 Å². The summed E-state index contributed by atoms with van der Waals surface area (Å²) in [6.45, 7) is 0.421. The third-order valence-corrected chi connectivity index (χ3v) is 4.83. The fourth-order valence-corrected chi connectivity index (χ4v) is 3.14. The number of ether oxygens (including phenoxy) is 2. The molecule has 0 bridgehead atoms. The second-order valence-electron chi connectivity index (χ2n) is 7.05. The van der Waals surface area contributed by atoms with E-state index in [4.69, 9.17) is 9.47 Å². The molecule has 1 aliphatic rings. The maximum Gasteiger partial charge on any atom is 0.433 e. The van der Waals surface area contributed by atoms with Crippen molar-refractivity contribution >= 4 is 11.4 Å². The van der Waals surface area contributed by atoms with E-state index >= 15 is 0 Å². The number of nitrogens with one attached hydrogen (secondary N) is 1. The van der Waals surface area contributed by atoms with Gasteiger partial charge in [0.25, 0.3) is 0 Å². The Morgan fingerprint density at radius 1 is 1.03 bits per heavy atom. The van der Waals surface area contributed by atoms with Crippen LogP contribution in [0.2, 0.25) is 0 Å². The molecule has 1 aromatic carbocycles. The molecule has 0 amide bonds. The maximum absolute atomic E-state index is 13.0. The van der Waals surface area contributed by atoms with Gasteiger partial charge in [-0.2, -0.15) is 17.6 Å². The molecule has 1 N–H and O–H groups in total. The molecule has 1 aliphatic heterocycles. The maximum atomic E-state index is 13.0. The van der Waals surface area contributed by atoms with E-state index in [1.807, 2.05) is 6.07 Å². The van der Waals surface area contributed by atoms with Crippen LogP contribution in [-0.2, 0) is 12.8 Å². The van der Waals surface area contributed by atoms with Crippen LogP contribution in [0.15, 0.2) is 66.1 Å². The summed E-state index contributed by atoms with van der Waals surface area (Å²) in [5.41, 5.74) is 1.88. The lowest BCUT2D eigenvalue weighted by atomic mass is 10.0. The molecule has 2 aromatic heterocycles. The summed E-state index contributed by atoms with van der Waals surface area (Å²) in [7, 11) is 1.53. The number of halogens is 4. The molecule has 0 radical (unpaired) electrons. The Balaban J connectivity index is 1.42. The summed E-state index contributed by atoms with van der Waals surface area (Å²) in [5, 5.41) is 3.08. The number of hydrogen-bond donors (Lipinski definition) is 1. The first-order valence-electron chi connectivity index (χ1n) is 9.79. The summed E-state index contributed by atoms with van der Waals surface area (Å²) in [6, 6.07) is 10.3. The molecule has 170 valence electrons. The first kappa shape index (κ1) is 22.3. The van der Waals surface area contributed by atoms with Gasteiger partial charge in [-0.05, 0) is 30.3 Å². The van der Waals surface area contributed by atoms with Gasteiger partial charge in [0, 0.05) is 46.9 Å². The van der Waals surface area contributed by atoms with Crippen LogP contribution >= 0.6 is 0 Å². The van der Waals surface area contributed by atoms with E-state index in [2.05, 4.69) is 20.3 Å². The van der Waals surface area contributed by atoms with E-state index < -0.39 is 17.8 Å². The molecule has 0 unspecified atom stereocenters. The van der Waals surface area contributed by atoms with Crippen LogP contribution in [0, 0.1) is 5.95 Å². The van der Waals surface area contributed by atoms with Crippen LogP contribution < -0.4 is 14.8 Å². The van der Waals surface area contributed by atoms with Crippen molar-refractivity contribution in [2.45, 2.75) is 12.8 Å². The van der Waals surface area contributed by atoms with Gasteiger partial charge in [0.05, 0.1) is 13.7 Å². The highest BCUT2D eigenvalue weighted by atomic mass is 19.4. The lowest BCUT2D eigenvalue weighted by Crippen LogP contribution is -2.24. The molecule has 3 aromatic rings. The molecule has 10 heteroatoms. The molecule has 4 rings (SSSR count). The van der Waals surface area contributed by atoms with E-state index in [0.717, 1.165) is 23.4 Å². The van der Waals surface area contributed by atoms with E-state index in [9.17, 15) is 17.6 Å². The molecule has 0 saturated carbocycles. The van der Waals surface area contributed by atoms with Crippen molar-refractivity contribution in [1.82, 2.24) is 15.3 Å². The van der Waals surface area contributed by atoms with Crippen LogP contribution in [0.4, 0.5) is 17.6 Å². The number of nitrogens with zero attached hydrogens (tertiary/aromatic N) is 3. The average molecular weight is 458 g/mol. The summed E-state index contributed by atoms with van der Waals surface area (Å²) in [6.07, 6.45) is -0.151. The topological polar surface area (TPSA) is 68.6 Å². The minimum atomic E-state index is -4.48. The number of alkyl halides is 3. The highest BCUT2D eigenvalue weighted by Gasteiger charge is 2.32. The van der Waals surface area contributed by atoms with Crippen molar-refractivity contribution in [2.75, 3.05) is 13.7 Å². The SMILES string of the molecule is COc1cc(OCc2ccc(C(F)(F)F)nc2)ccc1C1=CNC(c2ccc(F)nc2)=NC1. The smallest absolute Gasteiger partial charge is 0.433 e. The highest BCUT2D eigenvalue weighted by molar-refractivity contribution is 6.01. The lowest BCUT2D eigenvalue weighted by molar-refractivity contribution is -0.141. The van der Waals surface area contributed by atoms with Gasteiger partial charge in [0.2, 0.25) is 5.95 Å². The molecule has 6 nitrogen and oxygen atoms in total. The number of hydrogen-bond acceptors (Lipinski definition) is 6. The fourth-order valence-electron chi connectivity index (χ4n) is 3.14. The van der Waals surface area contributed by atoms with E-state index in [0.29, 0.717) is 35.0 Å². The molecule has 0 atom stereocenters. The number of aromatic nitrogens is 2. The monoisotopic (exact) mass is 458 g/mol. The number of aliphatic imine (C=N–C) groups is 1. The van der Waals surface area contributed by atoms with E-state index in [1.165, 1.54) is 25.4 Å². The van der Waals surface area contributed by atoms with Crippen LogP contribution in [0.3, 0.4) is 0 Å². The van der Waals surface area contributed by atoms with Gasteiger partial charge in [0.15, 0.2) is 0 Å². The zero-order valence-electron chi connectivity index (χ0n) is 17.4. The molecule has 0 saturated heterocycles. The fraction of sp³-hybridized carbons (Fsp3) is 0.174. The summed E-state index contributed by atoms with van der Waals surface area (Å²) in [5.74, 6) is 1.05. The first-order valence-corrected chi connectivity index (χ1v) is 9.79. The van der Waals surface area contributed by atoms with Crippen molar-refractivity contribution in [3.63, 3.8) is 0 Å². The second-order valence-corrected chi connectivity index (χ2v) is 7.05. The predicted octanol–water partition coefficient (Wildman–Crippen LogP) is 4.61. The van der Waals surface area contributed by atoms with Gasteiger partial charge in [-0.15, -0.1) is 0 Å². The van der Waals surface area contributed by atoms with Gasteiger partial charge in [0.1, 0.15) is 29.6 Å². The van der Waals surface area contributed by atoms with Gasteiger partial charge >= 0.3 is 6.18 Å². The first-order chi connectivity index (χ1) is 15.8. The number of methoxy groups -OCH3 is 1. The minimum Gasteiger partial charge on any atom is -0.496 e. The lowest BCUT2D eigenvalue weighted by Gasteiger charge is -2.18. The van der Waals surface area contributed by atoms with Crippen molar-refractivity contribution in [2.24, 2.45) is 4.99 Å². The van der Waals surface area contributed by atoms with Crippen molar-refractivity contribution in [3.05, 3.63) is 89.4 Å². The highest BCUT2D eigenvalue weighted by Crippen LogP contribution is 2.32. The zero-order chi connectivity index (χ0) is 23.4. The normalized spacial score (nSPS) is 13.6. The largest absolute Gasteiger partial charge is 0.496 e. The van der Waals surface area contributed by atoms with Gasteiger partial charge < -0.3 is 14.8 Å². The number of pyridine rings is 2. The van der Waals surface area contributed by atoms with E-state index in [-0.39, 0.29) is 6.61 Å². The number of amidine groups is 1. The number of benzene rings is 1. The van der Waals surface area contributed by atoms with Crippen LogP contribution in [-0.4, -0.2) is 29.5 Å². The Morgan fingerprint density at radius 2 is 1.88 bits per heavy atom. The summed E-state index contributed by atoms with van der Waals surface area (Å²) >= 11 is 0. The Hall–Kier alpha value is -3.95. The third-order valence-electron chi connectivity index (χ3n) is 4.83. The van der Waals surface area contributed by atoms with Crippen molar-refractivity contribution < 1.29 is 27.0 Å². The van der Waals surface area contributed by atoms with Crippen LogP contribution in [0.1, 0.15) is 22.4 Å². The van der Waals surface area contributed by atoms with Crippen molar-refractivity contribution in [3.8, 4) is 11.5 Å². The molecule has 0 aliphatic carbocycles. The molecule has 3 heterocycles. The Morgan fingerprint density at radius 3 is 2.48 bits per heavy atom. The quantitative estimate of drug-likeness (QED) is 0.432. The second kappa shape index (κ2) is 9.27. The minimum absolute atomic E-state index is 0.0528. The standard InChI is InChI=1S/C23H18F4N4O2/c1-32-19-8-17(33-13-14-2-6-20(28-9-14)23(25,26)27)4-5-18(19)16-11-30-22(31-12-16)15-3-7-21(24)29-10-15/h2-11H,12-13H2,1H3,(H,30,31). The molecule has 33 heavy (non-hydrogen) atoms. The van der Waals surface area contributed by atoms with Crippen LogP contribution in [0.5, 0.6) is 11.5 Å². The van der Waals surface area contributed by atoms with Gasteiger partial charge in [-0.25, -0.2) is 4.98 Å². The summed E-state index contributed by atoms with van der Waals surface area (Å²) in [4.78, 5) is 11.5. The molecule has 0 fully saturated rings. The summed E-state index contributed by atoms with van der Waals surface area (Å²) < 4.78 is 62.1. The molecular formula is C23H18F4N4O2. The average Bonchev–Trinajstić information content (AvgIpc) is 2.83. The zero-order valence-corrected chi connectivity index (χ0v) is 17.4. The molecule has 0 spiro atoms. The third kappa shape index (κ3) is 5.28. The van der Waals surface area contributed by atoms with Crippen LogP contribution in [0.25, 0.3) is 5.57 Å². The van der Waals surface area contributed by atoms with Gasteiger partial charge in [-0.1, -0.05) is 6.07 Å². The Kier molecular flexibility index (Phi) is 6.25. The van der Waals surface area contributed by atoms with Gasteiger partial charge in [-0.3, -0.25) is 9.98 Å². The Bertz CT molecular complexity index is 1190. The molecular weight excluding hydrogens is 440 g/mol.